The van der Waals surface area contributed by atoms with E-state index in [1.807, 2.05) is 48.5 Å². The Bertz CT molecular complexity index is 1530. The number of hydrogen-bond donors (Lipinski definition) is 2. The summed E-state index contributed by atoms with van der Waals surface area (Å²) in [6.45, 7) is 0. The zero-order chi connectivity index (χ0) is 24.8. The van der Waals surface area contributed by atoms with Crippen LogP contribution in [-0.4, -0.2) is 15.0 Å². The molecule has 0 aliphatic rings. The van der Waals surface area contributed by atoms with Crippen LogP contribution >= 0.6 is 34.8 Å². The van der Waals surface area contributed by atoms with E-state index < -0.39 is 0 Å². The monoisotopic (exact) mass is 535 g/mol. The molecular formula is C28H24Cl3N5. The summed E-state index contributed by atoms with van der Waals surface area (Å²) in [6, 6.07) is 24.1. The third kappa shape index (κ3) is 6.52. The van der Waals surface area contributed by atoms with Gasteiger partial charge in [0.05, 0.1) is 21.6 Å². The molecule has 0 radical (unpaired) electrons. The van der Waals surface area contributed by atoms with Crippen LogP contribution < -0.4 is 11.5 Å². The number of para-hydroxylation sites is 1. The largest absolute Gasteiger partial charge is 0.398 e. The molecule has 0 unspecified atom stereocenters. The van der Waals surface area contributed by atoms with Crippen LogP contribution in [0.1, 0.15) is 7.43 Å². The Balaban J connectivity index is 0.000000149. The molecule has 0 fully saturated rings. The van der Waals surface area contributed by atoms with E-state index >= 15 is 0 Å². The molecule has 0 bridgehead atoms. The third-order valence-corrected chi connectivity index (χ3v) is 5.87. The van der Waals surface area contributed by atoms with Crippen molar-refractivity contribution in [1.29, 1.82) is 0 Å². The van der Waals surface area contributed by atoms with Crippen molar-refractivity contribution < 1.29 is 0 Å². The van der Waals surface area contributed by atoms with Gasteiger partial charge >= 0.3 is 0 Å². The van der Waals surface area contributed by atoms with Crippen molar-refractivity contribution in [2.24, 2.45) is 0 Å². The van der Waals surface area contributed by atoms with Gasteiger partial charge in [-0.05, 0) is 60.7 Å². The van der Waals surface area contributed by atoms with Crippen LogP contribution in [0.15, 0.2) is 97.5 Å². The van der Waals surface area contributed by atoms with Crippen LogP contribution in [0, 0.1) is 0 Å². The zero-order valence-corrected chi connectivity index (χ0v) is 20.6. The number of nitrogens with zero attached hydrogens (tertiary/aromatic N) is 3. The Labute approximate surface area is 224 Å². The zero-order valence-electron chi connectivity index (χ0n) is 18.4. The van der Waals surface area contributed by atoms with Crippen LogP contribution in [0.5, 0.6) is 0 Å². The molecule has 0 saturated carbocycles. The van der Waals surface area contributed by atoms with Gasteiger partial charge in [-0.15, -0.1) is 0 Å². The smallest absolute Gasteiger partial charge is 0.0737 e. The molecule has 0 atom stereocenters. The topological polar surface area (TPSA) is 90.7 Å². The fraction of sp³-hybridized carbons (Fsp3) is 0.0357. The van der Waals surface area contributed by atoms with Gasteiger partial charge in [0.25, 0.3) is 0 Å². The minimum Gasteiger partial charge on any atom is -0.398 e. The number of rotatable bonds is 0. The molecule has 5 nitrogen and oxygen atoms in total. The van der Waals surface area contributed by atoms with Crippen molar-refractivity contribution in [3.05, 3.63) is 113 Å². The summed E-state index contributed by atoms with van der Waals surface area (Å²) in [5.74, 6) is 0. The average Bonchev–Trinajstić information content (AvgIpc) is 2.85. The summed E-state index contributed by atoms with van der Waals surface area (Å²) >= 11 is 17.5. The van der Waals surface area contributed by atoms with Gasteiger partial charge in [0.1, 0.15) is 0 Å². The predicted octanol–water partition coefficient (Wildman–Crippen LogP) is 8.47. The Morgan fingerprint density at radius 2 is 0.972 bits per heavy atom. The van der Waals surface area contributed by atoms with Crippen LogP contribution in [-0.2, 0) is 0 Å². The molecule has 3 heterocycles. The van der Waals surface area contributed by atoms with E-state index in [1.165, 1.54) is 0 Å². The van der Waals surface area contributed by atoms with E-state index in [0.717, 1.165) is 44.1 Å². The molecule has 0 spiro atoms. The second-order valence-corrected chi connectivity index (χ2v) is 8.71. The SMILES string of the molecule is C.Clc1ccc2c(Cl)ccnc2c1.Nc1ccnc2cc(Cl)ccc12.Nc1ccnc2ccccc12. The summed E-state index contributed by atoms with van der Waals surface area (Å²) < 4.78 is 0. The molecule has 3 aromatic heterocycles. The second kappa shape index (κ2) is 12.4. The van der Waals surface area contributed by atoms with Crippen LogP contribution in [0.3, 0.4) is 0 Å². The van der Waals surface area contributed by atoms with Crippen molar-refractivity contribution in [2.75, 3.05) is 11.5 Å². The van der Waals surface area contributed by atoms with Crippen molar-refractivity contribution in [2.45, 2.75) is 7.43 Å². The first kappa shape index (κ1) is 27.0. The van der Waals surface area contributed by atoms with E-state index in [0.29, 0.717) is 15.1 Å². The number of pyridine rings is 3. The molecule has 3 aromatic carbocycles. The standard InChI is InChI=1S/C9H5Cl2N.C9H7ClN2.C9H8N2.CH4/c2*10-6-1-2-7-8(11)3-4-12-9(7)5-6;10-8-5-6-11-9-4-2-1-3-7(8)9;/h1-5H;1-5H,(H2,11,12);1-6H,(H2,10,11);1H4. The van der Waals surface area contributed by atoms with Gasteiger partial charge in [-0.2, -0.15) is 0 Å². The number of benzene rings is 3. The molecule has 8 heteroatoms. The summed E-state index contributed by atoms with van der Waals surface area (Å²) in [5, 5.41) is 4.97. The molecular weight excluding hydrogens is 513 g/mol. The van der Waals surface area contributed by atoms with Crippen molar-refractivity contribution in [3.63, 3.8) is 0 Å². The number of hydrogen-bond acceptors (Lipinski definition) is 5. The maximum atomic E-state index is 5.93. The highest BCUT2D eigenvalue weighted by molar-refractivity contribution is 6.36. The average molecular weight is 537 g/mol. The quantitative estimate of drug-likeness (QED) is 0.203. The first-order valence-corrected chi connectivity index (χ1v) is 11.6. The van der Waals surface area contributed by atoms with Gasteiger partial charge in [0.2, 0.25) is 0 Å². The summed E-state index contributed by atoms with van der Waals surface area (Å²) in [7, 11) is 0. The number of halogens is 3. The van der Waals surface area contributed by atoms with E-state index in [-0.39, 0.29) is 7.43 Å². The molecule has 6 rings (SSSR count). The fourth-order valence-electron chi connectivity index (χ4n) is 3.35. The van der Waals surface area contributed by atoms with Crippen molar-refractivity contribution in [3.8, 4) is 0 Å². The number of fused-ring (bicyclic) bond motifs is 3. The van der Waals surface area contributed by atoms with Crippen LogP contribution in [0.4, 0.5) is 11.4 Å². The minimum atomic E-state index is 0. The highest BCUT2D eigenvalue weighted by Gasteiger charge is 1.99. The lowest BCUT2D eigenvalue weighted by Crippen LogP contribution is -1.87. The molecule has 182 valence electrons. The van der Waals surface area contributed by atoms with Crippen LogP contribution in [0.2, 0.25) is 15.1 Å². The lowest BCUT2D eigenvalue weighted by molar-refractivity contribution is 1.41. The van der Waals surface area contributed by atoms with Gasteiger partial charge < -0.3 is 11.5 Å². The molecule has 4 N–H and O–H groups in total. The molecule has 0 aliphatic carbocycles. The van der Waals surface area contributed by atoms with Gasteiger partial charge in [-0.1, -0.05) is 60.4 Å². The predicted molar refractivity (Wildman–Crippen MR) is 156 cm³/mol. The minimum absolute atomic E-state index is 0. The lowest BCUT2D eigenvalue weighted by Gasteiger charge is -1.99. The Hall–Kier alpha value is -3.64. The molecule has 0 amide bonds. The van der Waals surface area contributed by atoms with E-state index in [9.17, 15) is 0 Å². The molecule has 0 aliphatic heterocycles. The maximum Gasteiger partial charge on any atom is 0.0737 e. The Morgan fingerprint density at radius 3 is 1.58 bits per heavy atom. The van der Waals surface area contributed by atoms with E-state index in [2.05, 4.69) is 15.0 Å². The number of anilines is 2. The Morgan fingerprint density at radius 1 is 0.500 bits per heavy atom. The lowest BCUT2D eigenvalue weighted by atomic mass is 10.2. The first-order chi connectivity index (χ1) is 16.9. The highest BCUT2D eigenvalue weighted by atomic mass is 35.5. The normalized spacial score (nSPS) is 10.1. The van der Waals surface area contributed by atoms with Crippen molar-refractivity contribution in [1.82, 2.24) is 15.0 Å². The van der Waals surface area contributed by atoms with Crippen molar-refractivity contribution >= 4 is 78.9 Å². The van der Waals surface area contributed by atoms with E-state index in [1.54, 1.807) is 48.9 Å². The second-order valence-electron chi connectivity index (χ2n) is 7.43. The maximum absolute atomic E-state index is 5.93. The highest BCUT2D eigenvalue weighted by Crippen LogP contribution is 2.24. The van der Waals surface area contributed by atoms with Gasteiger partial charge in [0, 0.05) is 56.2 Å². The van der Waals surface area contributed by atoms with Gasteiger partial charge in [-0.25, -0.2) is 0 Å². The van der Waals surface area contributed by atoms with E-state index in [4.69, 9.17) is 46.3 Å². The number of nitrogen functional groups attached to an aromatic ring is 2. The van der Waals surface area contributed by atoms with Crippen LogP contribution in [0.25, 0.3) is 32.7 Å². The summed E-state index contributed by atoms with van der Waals surface area (Å²) in [4.78, 5) is 12.4. The fourth-order valence-corrected chi connectivity index (χ4v) is 3.90. The summed E-state index contributed by atoms with van der Waals surface area (Å²) in [6.07, 6.45) is 5.06. The number of aromatic nitrogens is 3. The summed E-state index contributed by atoms with van der Waals surface area (Å²) in [5.41, 5.74) is 15.6. The Kier molecular flexibility index (Phi) is 9.25. The van der Waals surface area contributed by atoms with Gasteiger partial charge in [0.15, 0.2) is 0 Å². The molecule has 6 aromatic rings. The number of nitrogens with two attached hydrogens (primary N) is 2. The first-order valence-electron chi connectivity index (χ1n) is 10.5. The van der Waals surface area contributed by atoms with Gasteiger partial charge in [-0.3, -0.25) is 15.0 Å². The molecule has 36 heavy (non-hydrogen) atoms. The third-order valence-electron chi connectivity index (χ3n) is 5.07. The molecule has 0 saturated heterocycles.